The summed E-state index contributed by atoms with van der Waals surface area (Å²) in [6.07, 6.45) is 0. The van der Waals surface area contributed by atoms with Crippen molar-refractivity contribution in [3.63, 3.8) is 0 Å². The molecule has 0 radical (unpaired) electrons. The molecule has 2 rings (SSSR count). The van der Waals surface area contributed by atoms with Crippen molar-refractivity contribution in [2.75, 3.05) is 0 Å². The molecule has 2 aromatic carbocycles. The summed E-state index contributed by atoms with van der Waals surface area (Å²) in [5.74, 6) is -1.47. The number of carbonyl (C=O) groups excluding carboxylic acids is 1. The molecule has 0 aromatic heterocycles. The van der Waals surface area contributed by atoms with Crippen LogP contribution < -0.4 is 5.32 Å². The smallest absolute Gasteiger partial charge is 0.330 e. The van der Waals surface area contributed by atoms with Gasteiger partial charge in [0.2, 0.25) is 0 Å². The lowest BCUT2D eigenvalue weighted by molar-refractivity contribution is -0.139. The van der Waals surface area contributed by atoms with Crippen molar-refractivity contribution in [3.8, 4) is 0 Å². The minimum Gasteiger partial charge on any atom is -0.479 e. The van der Waals surface area contributed by atoms with E-state index in [4.69, 9.17) is 0 Å². The van der Waals surface area contributed by atoms with Crippen molar-refractivity contribution >= 4 is 11.9 Å². The number of aliphatic carboxylic acids is 1. The minimum absolute atomic E-state index is 0.382. The molecule has 108 valence electrons. The number of carboxylic acids is 1. The molecular formula is C17H17NO3. The number of benzene rings is 2. The lowest BCUT2D eigenvalue weighted by Gasteiger charge is -2.16. The van der Waals surface area contributed by atoms with Crippen LogP contribution in [0.15, 0.2) is 48.5 Å². The normalized spacial score (nSPS) is 11.7. The number of amides is 1. The zero-order valence-corrected chi connectivity index (χ0v) is 12.0. The molecule has 0 aliphatic heterocycles. The zero-order valence-electron chi connectivity index (χ0n) is 12.0. The molecule has 21 heavy (non-hydrogen) atoms. The van der Waals surface area contributed by atoms with Gasteiger partial charge in [0, 0.05) is 5.56 Å². The lowest BCUT2D eigenvalue weighted by atomic mass is 10.0. The second-order valence-corrected chi connectivity index (χ2v) is 4.97. The quantitative estimate of drug-likeness (QED) is 0.906. The summed E-state index contributed by atoms with van der Waals surface area (Å²) < 4.78 is 0. The van der Waals surface area contributed by atoms with E-state index in [-0.39, 0.29) is 5.91 Å². The van der Waals surface area contributed by atoms with Crippen molar-refractivity contribution < 1.29 is 14.7 Å². The third-order valence-corrected chi connectivity index (χ3v) is 3.29. The molecule has 0 saturated heterocycles. The number of aryl methyl sites for hydroxylation is 2. The van der Waals surface area contributed by atoms with Crippen LogP contribution in [0.4, 0.5) is 0 Å². The number of hydrogen-bond donors (Lipinski definition) is 2. The first kappa shape index (κ1) is 14.8. The standard InChI is InChI=1S/C17H17NO3/c1-11-8-9-12(2)14(10-11)16(19)18-15(17(20)21)13-6-4-3-5-7-13/h3-10,15H,1-2H3,(H,18,19)(H,20,21). The van der Waals surface area contributed by atoms with E-state index in [0.29, 0.717) is 11.1 Å². The van der Waals surface area contributed by atoms with Gasteiger partial charge in [0.1, 0.15) is 0 Å². The highest BCUT2D eigenvalue weighted by atomic mass is 16.4. The molecular weight excluding hydrogens is 266 g/mol. The van der Waals surface area contributed by atoms with Gasteiger partial charge in [-0.2, -0.15) is 0 Å². The van der Waals surface area contributed by atoms with Crippen molar-refractivity contribution in [2.45, 2.75) is 19.9 Å². The molecule has 2 aromatic rings. The molecule has 1 unspecified atom stereocenters. The molecule has 1 amide bonds. The van der Waals surface area contributed by atoms with E-state index in [0.717, 1.165) is 11.1 Å². The molecule has 0 heterocycles. The number of carboxylic acid groups (broad SMARTS) is 1. The van der Waals surface area contributed by atoms with Crippen LogP contribution in [0.3, 0.4) is 0 Å². The molecule has 0 spiro atoms. The summed E-state index contributed by atoms with van der Waals surface area (Å²) >= 11 is 0. The Hall–Kier alpha value is -2.62. The van der Waals surface area contributed by atoms with E-state index in [1.807, 2.05) is 26.0 Å². The Morgan fingerprint density at radius 3 is 2.33 bits per heavy atom. The molecule has 0 aliphatic carbocycles. The largest absolute Gasteiger partial charge is 0.479 e. The Bertz CT molecular complexity index is 665. The van der Waals surface area contributed by atoms with Crippen LogP contribution in [0.1, 0.15) is 33.1 Å². The Morgan fingerprint density at radius 2 is 1.71 bits per heavy atom. The van der Waals surface area contributed by atoms with Crippen LogP contribution in [0, 0.1) is 13.8 Å². The molecule has 0 fully saturated rings. The summed E-state index contributed by atoms with van der Waals surface area (Å²) in [6, 6.07) is 13.1. The fourth-order valence-electron chi connectivity index (χ4n) is 2.12. The monoisotopic (exact) mass is 283 g/mol. The van der Waals surface area contributed by atoms with Crippen LogP contribution in [0.2, 0.25) is 0 Å². The third-order valence-electron chi connectivity index (χ3n) is 3.29. The van der Waals surface area contributed by atoms with Gasteiger partial charge in [-0.1, -0.05) is 48.0 Å². The molecule has 0 aliphatic rings. The predicted molar refractivity (Wildman–Crippen MR) is 80.2 cm³/mol. The maximum absolute atomic E-state index is 12.3. The van der Waals surface area contributed by atoms with Crippen LogP contribution in [-0.4, -0.2) is 17.0 Å². The van der Waals surface area contributed by atoms with Gasteiger partial charge in [0.05, 0.1) is 0 Å². The molecule has 4 nitrogen and oxygen atoms in total. The van der Waals surface area contributed by atoms with E-state index in [9.17, 15) is 14.7 Å². The van der Waals surface area contributed by atoms with Gasteiger partial charge in [-0.15, -0.1) is 0 Å². The van der Waals surface area contributed by atoms with Crippen LogP contribution in [0.25, 0.3) is 0 Å². The molecule has 1 atom stereocenters. The fraction of sp³-hybridized carbons (Fsp3) is 0.176. The van der Waals surface area contributed by atoms with E-state index in [2.05, 4.69) is 5.32 Å². The summed E-state index contributed by atoms with van der Waals surface area (Å²) in [4.78, 5) is 23.7. The summed E-state index contributed by atoms with van der Waals surface area (Å²) in [5, 5.41) is 11.9. The van der Waals surface area contributed by atoms with E-state index in [1.165, 1.54) is 0 Å². The SMILES string of the molecule is Cc1ccc(C)c(C(=O)NC(C(=O)O)c2ccccc2)c1. The maximum Gasteiger partial charge on any atom is 0.330 e. The highest BCUT2D eigenvalue weighted by Crippen LogP contribution is 2.16. The first-order valence-electron chi connectivity index (χ1n) is 6.65. The van der Waals surface area contributed by atoms with Crippen molar-refractivity contribution in [1.82, 2.24) is 5.32 Å². The number of hydrogen-bond acceptors (Lipinski definition) is 2. The molecule has 2 N–H and O–H groups in total. The van der Waals surface area contributed by atoms with Gasteiger partial charge in [-0.25, -0.2) is 4.79 Å². The Balaban J connectivity index is 2.27. The van der Waals surface area contributed by atoms with Gasteiger partial charge >= 0.3 is 5.97 Å². The fourth-order valence-corrected chi connectivity index (χ4v) is 2.12. The highest BCUT2D eigenvalue weighted by molar-refractivity contribution is 5.98. The number of carbonyl (C=O) groups is 2. The molecule has 0 bridgehead atoms. The van der Waals surface area contributed by atoms with E-state index < -0.39 is 12.0 Å². The highest BCUT2D eigenvalue weighted by Gasteiger charge is 2.23. The van der Waals surface area contributed by atoms with Crippen LogP contribution in [-0.2, 0) is 4.79 Å². The number of nitrogens with one attached hydrogen (secondary N) is 1. The van der Waals surface area contributed by atoms with Crippen LogP contribution in [0.5, 0.6) is 0 Å². The summed E-state index contributed by atoms with van der Waals surface area (Å²) in [7, 11) is 0. The van der Waals surface area contributed by atoms with Crippen molar-refractivity contribution in [3.05, 3.63) is 70.8 Å². The first-order valence-corrected chi connectivity index (χ1v) is 6.65. The summed E-state index contributed by atoms with van der Waals surface area (Å²) in [6.45, 7) is 3.72. The first-order chi connectivity index (χ1) is 9.99. The second-order valence-electron chi connectivity index (χ2n) is 4.97. The second kappa shape index (κ2) is 6.22. The lowest BCUT2D eigenvalue weighted by Crippen LogP contribution is -2.34. The van der Waals surface area contributed by atoms with E-state index >= 15 is 0 Å². The topological polar surface area (TPSA) is 66.4 Å². The Kier molecular flexibility index (Phi) is 4.38. The Morgan fingerprint density at radius 1 is 1.05 bits per heavy atom. The van der Waals surface area contributed by atoms with E-state index in [1.54, 1.807) is 36.4 Å². The third kappa shape index (κ3) is 3.48. The van der Waals surface area contributed by atoms with Gasteiger partial charge in [-0.05, 0) is 31.0 Å². The maximum atomic E-state index is 12.3. The molecule has 0 saturated carbocycles. The molecule has 4 heteroatoms. The zero-order chi connectivity index (χ0) is 15.4. The minimum atomic E-state index is -1.08. The van der Waals surface area contributed by atoms with Crippen molar-refractivity contribution in [2.24, 2.45) is 0 Å². The predicted octanol–water partition coefficient (Wildman–Crippen LogP) is 2.86. The average Bonchev–Trinajstić information content (AvgIpc) is 2.47. The summed E-state index contributed by atoms with van der Waals surface area (Å²) in [5.41, 5.74) is 2.81. The Labute approximate surface area is 123 Å². The average molecular weight is 283 g/mol. The van der Waals surface area contributed by atoms with Gasteiger partial charge in [-0.3, -0.25) is 4.79 Å². The van der Waals surface area contributed by atoms with Gasteiger partial charge in [0.15, 0.2) is 6.04 Å². The van der Waals surface area contributed by atoms with Gasteiger partial charge < -0.3 is 10.4 Å². The number of rotatable bonds is 4. The van der Waals surface area contributed by atoms with Crippen molar-refractivity contribution in [1.29, 1.82) is 0 Å². The van der Waals surface area contributed by atoms with Gasteiger partial charge in [0.25, 0.3) is 5.91 Å². The van der Waals surface area contributed by atoms with Crippen LogP contribution >= 0.6 is 0 Å².